The molecule has 2 aromatic carbocycles. The van der Waals surface area contributed by atoms with E-state index < -0.39 is 5.97 Å². The smallest absolute Gasteiger partial charge is 0.161 e. The third-order valence-electron chi connectivity index (χ3n) is 4.22. The van der Waals surface area contributed by atoms with E-state index in [2.05, 4.69) is 0 Å². The molecule has 0 bridgehead atoms. The summed E-state index contributed by atoms with van der Waals surface area (Å²) in [5.41, 5.74) is 2.89. The lowest BCUT2D eigenvalue weighted by Gasteiger charge is -2.11. The molecule has 0 N–H and O–H groups in total. The predicted molar refractivity (Wildman–Crippen MR) is 111 cm³/mol. The summed E-state index contributed by atoms with van der Waals surface area (Å²) in [6.45, 7) is 2.47. The summed E-state index contributed by atoms with van der Waals surface area (Å²) in [4.78, 5) is 15.6. The molecule has 0 fully saturated rings. The van der Waals surface area contributed by atoms with Crippen molar-refractivity contribution in [2.75, 3.05) is 13.7 Å². The van der Waals surface area contributed by atoms with Crippen molar-refractivity contribution in [1.82, 2.24) is 4.98 Å². The minimum atomic E-state index is -1.04. The average Bonchev–Trinajstić information content (AvgIpc) is 3.11. The minimum absolute atomic E-state index is 0.0229. The number of aliphatic carboxylic acids is 1. The molecule has 0 amide bonds. The van der Waals surface area contributed by atoms with Gasteiger partial charge in [-0.25, -0.2) is 4.98 Å². The van der Waals surface area contributed by atoms with Crippen LogP contribution >= 0.6 is 11.3 Å². The van der Waals surface area contributed by atoms with E-state index in [9.17, 15) is 9.90 Å². The Labute approximate surface area is 168 Å². The summed E-state index contributed by atoms with van der Waals surface area (Å²) in [6, 6.07) is 13.7. The van der Waals surface area contributed by atoms with Crippen LogP contribution in [0.5, 0.6) is 11.5 Å². The number of benzene rings is 2. The molecular formula is C22H22NO4S-. The first-order valence-corrected chi connectivity index (χ1v) is 9.99. The highest BCUT2D eigenvalue weighted by molar-refractivity contribution is 7.19. The van der Waals surface area contributed by atoms with E-state index in [1.54, 1.807) is 18.4 Å². The highest BCUT2D eigenvalue weighted by atomic mass is 32.1. The van der Waals surface area contributed by atoms with Crippen LogP contribution in [0.15, 0.2) is 42.5 Å². The van der Waals surface area contributed by atoms with Crippen molar-refractivity contribution in [3.05, 3.63) is 53.0 Å². The number of carbonyl (C=O) groups is 1. The zero-order valence-corrected chi connectivity index (χ0v) is 16.8. The fraction of sp³-hybridized carbons (Fsp3) is 0.273. The standard InChI is InChI=1S/C22H23NO4S/c1-3-27-19-14-15(11-12-18(19)26-2)13-16(7-6-10-21(24)25)22-23-17-8-4-5-9-20(17)28-22/h4-5,8-9,11-14H,3,6-7,10H2,1-2H3,(H,24,25)/p-1/b16-13+. The van der Waals surface area contributed by atoms with Crippen molar-refractivity contribution in [2.24, 2.45) is 0 Å². The van der Waals surface area contributed by atoms with Gasteiger partial charge in [0.2, 0.25) is 0 Å². The van der Waals surface area contributed by atoms with E-state index in [1.807, 2.05) is 55.5 Å². The number of carbonyl (C=O) groups excluding carboxylic acids is 1. The van der Waals surface area contributed by atoms with Gasteiger partial charge in [0, 0.05) is 5.97 Å². The fourth-order valence-electron chi connectivity index (χ4n) is 2.93. The van der Waals surface area contributed by atoms with Crippen LogP contribution in [0.25, 0.3) is 21.9 Å². The summed E-state index contributed by atoms with van der Waals surface area (Å²) in [5.74, 6) is 0.321. The van der Waals surface area contributed by atoms with Gasteiger partial charge in [-0.2, -0.15) is 0 Å². The SMILES string of the molecule is CCOc1cc(/C=C(\CCCC(=O)[O-])c2nc3ccccc3s2)ccc1OC. The predicted octanol–water partition coefficient (Wildman–Crippen LogP) is 4.16. The molecule has 1 heterocycles. The molecule has 6 heteroatoms. The molecule has 28 heavy (non-hydrogen) atoms. The Bertz CT molecular complexity index is 960. The molecule has 0 unspecified atom stereocenters. The highest BCUT2D eigenvalue weighted by Crippen LogP contribution is 2.33. The van der Waals surface area contributed by atoms with Crippen LogP contribution in [0.1, 0.15) is 36.8 Å². The maximum atomic E-state index is 10.8. The van der Waals surface area contributed by atoms with Crippen LogP contribution in [-0.4, -0.2) is 24.7 Å². The molecule has 3 rings (SSSR count). The van der Waals surface area contributed by atoms with Crippen molar-refractivity contribution in [3.8, 4) is 11.5 Å². The number of aromatic nitrogens is 1. The normalized spacial score (nSPS) is 11.6. The number of para-hydroxylation sites is 1. The second-order valence-electron chi connectivity index (χ2n) is 6.23. The van der Waals surface area contributed by atoms with Crippen LogP contribution in [0, 0.1) is 0 Å². The van der Waals surface area contributed by atoms with Gasteiger partial charge < -0.3 is 19.4 Å². The third-order valence-corrected chi connectivity index (χ3v) is 5.34. The van der Waals surface area contributed by atoms with Crippen molar-refractivity contribution in [3.63, 3.8) is 0 Å². The maximum absolute atomic E-state index is 10.8. The number of thiazole rings is 1. The van der Waals surface area contributed by atoms with Crippen LogP contribution in [0.2, 0.25) is 0 Å². The largest absolute Gasteiger partial charge is 0.550 e. The Morgan fingerprint density at radius 3 is 2.71 bits per heavy atom. The van der Waals surface area contributed by atoms with E-state index >= 15 is 0 Å². The lowest BCUT2D eigenvalue weighted by Crippen LogP contribution is -2.21. The summed E-state index contributed by atoms with van der Waals surface area (Å²) in [7, 11) is 1.61. The number of hydrogen-bond acceptors (Lipinski definition) is 6. The van der Waals surface area contributed by atoms with E-state index in [-0.39, 0.29) is 6.42 Å². The van der Waals surface area contributed by atoms with E-state index in [0.29, 0.717) is 30.9 Å². The van der Waals surface area contributed by atoms with Gasteiger partial charge in [-0.1, -0.05) is 18.2 Å². The number of ether oxygens (including phenoxy) is 2. The molecule has 0 aliphatic carbocycles. The molecule has 146 valence electrons. The minimum Gasteiger partial charge on any atom is -0.550 e. The maximum Gasteiger partial charge on any atom is 0.161 e. The topological polar surface area (TPSA) is 71.5 Å². The molecule has 0 aliphatic rings. The van der Waals surface area contributed by atoms with Gasteiger partial charge in [0.15, 0.2) is 11.5 Å². The third kappa shape index (κ3) is 4.89. The van der Waals surface area contributed by atoms with Crippen LogP contribution in [0.3, 0.4) is 0 Å². The lowest BCUT2D eigenvalue weighted by molar-refractivity contribution is -0.305. The monoisotopic (exact) mass is 396 g/mol. The number of rotatable bonds is 9. The first-order chi connectivity index (χ1) is 13.6. The Balaban J connectivity index is 1.97. The van der Waals surface area contributed by atoms with Crippen LogP contribution < -0.4 is 14.6 Å². The summed E-state index contributed by atoms with van der Waals surface area (Å²) in [5, 5.41) is 11.7. The second-order valence-corrected chi connectivity index (χ2v) is 7.26. The molecule has 0 saturated carbocycles. The van der Waals surface area contributed by atoms with Crippen molar-refractivity contribution < 1.29 is 19.4 Å². The Morgan fingerprint density at radius 1 is 1.18 bits per heavy atom. The molecule has 0 saturated heterocycles. The van der Waals surface area contributed by atoms with Gasteiger partial charge in [0.05, 0.1) is 23.9 Å². The quantitative estimate of drug-likeness (QED) is 0.543. The molecule has 0 spiro atoms. The van der Waals surface area contributed by atoms with Crippen LogP contribution in [-0.2, 0) is 4.79 Å². The molecule has 5 nitrogen and oxygen atoms in total. The van der Waals surface area contributed by atoms with E-state index in [0.717, 1.165) is 26.4 Å². The Kier molecular flexibility index (Phi) is 6.66. The molecule has 0 aliphatic heterocycles. The zero-order valence-electron chi connectivity index (χ0n) is 15.9. The van der Waals surface area contributed by atoms with E-state index in [4.69, 9.17) is 14.5 Å². The van der Waals surface area contributed by atoms with Gasteiger partial charge in [0.1, 0.15) is 5.01 Å². The first kappa shape index (κ1) is 19.9. The highest BCUT2D eigenvalue weighted by Gasteiger charge is 2.11. The summed E-state index contributed by atoms with van der Waals surface area (Å²) >= 11 is 1.61. The number of methoxy groups -OCH3 is 1. The molecular weight excluding hydrogens is 374 g/mol. The van der Waals surface area contributed by atoms with Crippen molar-refractivity contribution in [1.29, 1.82) is 0 Å². The molecule has 0 radical (unpaired) electrons. The second kappa shape index (κ2) is 9.37. The summed E-state index contributed by atoms with van der Waals surface area (Å²) < 4.78 is 12.1. The Hall–Kier alpha value is -2.86. The van der Waals surface area contributed by atoms with Crippen molar-refractivity contribution in [2.45, 2.75) is 26.2 Å². The van der Waals surface area contributed by atoms with Gasteiger partial charge in [-0.15, -0.1) is 11.3 Å². The molecule has 1 aromatic heterocycles. The Morgan fingerprint density at radius 2 is 2.00 bits per heavy atom. The number of carboxylic acid groups (broad SMARTS) is 1. The fourth-order valence-corrected chi connectivity index (χ4v) is 3.94. The number of hydrogen-bond donors (Lipinski definition) is 0. The van der Waals surface area contributed by atoms with Gasteiger partial charge in [-0.3, -0.25) is 0 Å². The zero-order chi connectivity index (χ0) is 19.9. The number of fused-ring (bicyclic) bond motifs is 1. The van der Waals surface area contributed by atoms with E-state index in [1.165, 1.54) is 0 Å². The van der Waals surface area contributed by atoms with Crippen molar-refractivity contribution >= 4 is 39.2 Å². The average molecular weight is 396 g/mol. The van der Waals surface area contributed by atoms with Crippen LogP contribution in [0.4, 0.5) is 0 Å². The first-order valence-electron chi connectivity index (χ1n) is 9.18. The molecule has 0 atom stereocenters. The lowest BCUT2D eigenvalue weighted by atomic mass is 10.0. The number of carboxylic acids is 1. The van der Waals surface area contributed by atoms with Gasteiger partial charge >= 0.3 is 0 Å². The van der Waals surface area contributed by atoms with Gasteiger partial charge in [0.25, 0.3) is 0 Å². The number of nitrogens with zero attached hydrogens (tertiary/aromatic N) is 1. The van der Waals surface area contributed by atoms with Gasteiger partial charge in [-0.05, 0) is 67.7 Å². The number of allylic oxidation sites excluding steroid dienone is 1. The summed E-state index contributed by atoms with van der Waals surface area (Å²) in [6.07, 6.45) is 3.16. The molecule has 3 aromatic rings.